The number of ether oxygens (including phenoxy) is 1. The van der Waals surface area contributed by atoms with Crippen LogP contribution < -0.4 is 10.1 Å². The van der Waals surface area contributed by atoms with Gasteiger partial charge in [-0.2, -0.15) is 13.9 Å². The number of carbonyl (C=O) groups is 1. The first kappa shape index (κ1) is 15.9. The van der Waals surface area contributed by atoms with Crippen LogP contribution in [0.4, 0.5) is 14.5 Å². The molecule has 0 bridgehead atoms. The molecule has 2 rings (SSSR count). The van der Waals surface area contributed by atoms with Crippen molar-refractivity contribution in [3.63, 3.8) is 0 Å². The topological polar surface area (TPSA) is 69.0 Å². The highest BCUT2D eigenvalue weighted by Gasteiger charge is 2.17. The summed E-state index contributed by atoms with van der Waals surface area (Å²) in [6.45, 7) is 2.96. The molecular weight excluding hydrogens is 294 g/mol. The molecule has 8 heteroatoms. The highest BCUT2D eigenvalue weighted by molar-refractivity contribution is 6.03. The predicted octanol–water partition coefficient (Wildman–Crippen LogP) is 2.89. The largest absolute Gasteiger partial charge is 0.417 e. The molecule has 6 nitrogen and oxygen atoms in total. The van der Waals surface area contributed by atoms with Gasteiger partial charge in [0.05, 0.1) is 29.2 Å². The molecule has 0 saturated carbocycles. The van der Waals surface area contributed by atoms with Gasteiger partial charge in [0.2, 0.25) is 5.88 Å². The van der Waals surface area contributed by atoms with Crippen LogP contribution in [0.25, 0.3) is 0 Å². The summed E-state index contributed by atoms with van der Waals surface area (Å²) >= 11 is 0. The van der Waals surface area contributed by atoms with Crippen LogP contribution in [0.1, 0.15) is 31.1 Å². The summed E-state index contributed by atoms with van der Waals surface area (Å²) in [5, 5.41) is 6.74. The van der Waals surface area contributed by atoms with E-state index < -0.39 is 6.61 Å². The molecule has 0 saturated heterocycles. The van der Waals surface area contributed by atoms with Crippen molar-refractivity contribution >= 4 is 11.6 Å². The molecule has 2 aromatic rings. The van der Waals surface area contributed by atoms with Gasteiger partial charge in [0.1, 0.15) is 0 Å². The van der Waals surface area contributed by atoms with Crippen molar-refractivity contribution in [3.05, 3.63) is 36.3 Å². The average Bonchev–Trinajstić information content (AvgIpc) is 2.90. The van der Waals surface area contributed by atoms with E-state index in [1.165, 1.54) is 24.5 Å². The van der Waals surface area contributed by atoms with Gasteiger partial charge in [0.15, 0.2) is 0 Å². The third-order valence-corrected chi connectivity index (χ3v) is 2.74. The van der Waals surface area contributed by atoms with E-state index in [-0.39, 0.29) is 17.3 Å². The third-order valence-electron chi connectivity index (χ3n) is 2.74. The molecule has 1 N–H and O–H groups in total. The van der Waals surface area contributed by atoms with Gasteiger partial charge in [-0.05, 0) is 26.8 Å². The van der Waals surface area contributed by atoms with E-state index in [0.717, 1.165) is 0 Å². The van der Waals surface area contributed by atoms with Crippen LogP contribution in [-0.2, 0) is 5.54 Å². The van der Waals surface area contributed by atoms with Crippen LogP contribution in [0.2, 0.25) is 0 Å². The number of hydrogen-bond acceptors (Lipinski definition) is 4. The molecule has 1 amide bonds. The second-order valence-corrected chi connectivity index (χ2v) is 5.56. The molecule has 2 heterocycles. The van der Waals surface area contributed by atoms with Crippen molar-refractivity contribution in [2.45, 2.75) is 32.9 Å². The second-order valence-electron chi connectivity index (χ2n) is 5.56. The molecule has 2 aromatic heterocycles. The zero-order valence-corrected chi connectivity index (χ0v) is 12.4. The Bertz CT molecular complexity index is 648. The SMILES string of the molecule is CC(C)(C)n1cc(C(=O)Nc2ccc(OC(F)F)nc2)cn1. The minimum absolute atomic E-state index is 0.214. The second kappa shape index (κ2) is 6.08. The quantitative estimate of drug-likeness (QED) is 0.942. The van der Waals surface area contributed by atoms with Gasteiger partial charge in [-0.3, -0.25) is 9.48 Å². The van der Waals surface area contributed by atoms with E-state index in [0.29, 0.717) is 11.3 Å². The zero-order chi connectivity index (χ0) is 16.3. The van der Waals surface area contributed by atoms with Crippen LogP contribution in [0, 0.1) is 0 Å². The lowest BCUT2D eigenvalue weighted by Gasteiger charge is -2.18. The zero-order valence-electron chi connectivity index (χ0n) is 12.4. The molecule has 0 aromatic carbocycles. The average molecular weight is 310 g/mol. The summed E-state index contributed by atoms with van der Waals surface area (Å²) in [7, 11) is 0. The maximum Gasteiger partial charge on any atom is 0.388 e. The maximum absolute atomic E-state index is 12.1. The van der Waals surface area contributed by atoms with Crippen LogP contribution in [0.5, 0.6) is 5.88 Å². The normalized spacial score (nSPS) is 11.5. The van der Waals surface area contributed by atoms with Crippen molar-refractivity contribution in [3.8, 4) is 5.88 Å². The number of alkyl halides is 2. The highest BCUT2D eigenvalue weighted by Crippen LogP contribution is 2.16. The fourth-order valence-electron chi connectivity index (χ4n) is 1.63. The Labute approximate surface area is 126 Å². The maximum atomic E-state index is 12.1. The number of pyridine rings is 1. The van der Waals surface area contributed by atoms with Gasteiger partial charge in [-0.1, -0.05) is 0 Å². The molecule has 0 spiro atoms. The molecule has 0 aliphatic heterocycles. The Morgan fingerprint density at radius 1 is 1.32 bits per heavy atom. The van der Waals surface area contributed by atoms with Gasteiger partial charge in [-0.15, -0.1) is 0 Å². The van der Waals surface area contributed by atoms with Crippen LogP contribution in [0.15, 0.2) is 30.7 Å². The fraction of sp³-hybridized carbons (Fsp3) is 0.357. The molecule has 0 radical (unpaired) electrons. The predicted molar refractivity (Wildman–Crippen MR) is 76.0 cm³/mol. The number of hydrogen-bond donors (Lipinski definition) is 1. The molecule has 118 valence electrons. The van der Waals surface area contributed by atoms with Gasteiger partial charge < -0.3 is 10.1 Å². The summed E-state index contributed by atoms with van der Waals surface area (Å²) in [6, 6.07) is 2.68. The smallest absolute Gasteiger partial charge is 0.388 e. The lowest BCUT2D eigenvalue weighted by atomic mass is 10.1. The lowest BCUT2D eigenvalue weighted by Crippen LogP contribution is -2.22. The van der Waals surface area contributed by atoms with Gasteiger partial charge in [-0.25, -0.2) is 4.98 Å². The van der Waals surface area contributed by atoms with Crippen molar-refractivity contribution in [2.75, 3.05) is 5.32 Å². The first-order chi connectivity index (χ1) is 10.3. The number of halogens is 2. The summed E-state index contributed by atoms with van der Waals surface area (Å²) < 4.78 is 29.8. The van der Waals surface area contributed by atoms with Crippen molar-refractivity contribution in [2.24, 2.45) is 0 Å². The van der Waals surface area contributed by atoms with Crippen molar-refractivity contribution in [1.82, 2.24) is 14.8 Å². The first-order valence-electron chi connectivity index (χ1n) is 6.53. The van der Waals surface area contributed by atoms with E-state index in [4.69, 9.17) is 0 Å². The van der Waals surface area contributed by atoms with Crippen LogP contribution in [-0.4, -0.2) is 27.3 Å². The van der Waals surface area contributed by atoms with E-state index >= 15 is 0 Å². The highest BCUT2D eigenvalue weighted by atomic mass is 19.3. The standard InChI is InChI=1S/C14H16F2N4O2/c1-14(2,3)20-8-9(6-18-20)12(21)19-10-4-5-11(17-7-10)22-13(15)16/h4-8,13H,1-3H3,(H,19,21). The molecule has 0 aliphatic carbocycles. The number of carbonyl (C=O) groups excluding carboxylic acids is 1. The van der Waals surface area contributed by atoms with Gasteiger partial charge in [0, 0.05) is 12.3 Å². The summed E-state index contributed by atoms with van der Waals surface area (Å²) in [5.74, 6) is -0.576. The molecular formula is C14H16F2N4O2. The molecule has 0 fully saturated rings. The number of aromatic nitrogens is 3. The molecule has 22 heavy (non-hydrogen) atoms. The van der Waals surface area contributed by atoms with Crippen molar-refractivity contribution in [1.29, 1.82) is 0 Å². The number of amides is 1. The molecule has 0 atom stereocenters. The number of anilines is 1. The van der Waals surface area contributed by atoms with Gasteiger partial charge >= 0.3 is 6.61 Å². The fourth-order valence-corrected chi connectivity index (χ4v) is 1.63. The Balaban J connectivity index is 2.04. The van der Waals surface area contributed by atoms with E-state index in [1.807, 2.05) is 20.8 Å². The van der Waals surface area contributed by atoms with E-state index in [2.05, 4.69) is 20.1 Å². The number of rotatable bonds is 4. The minimum Gasteiger partial charge on any atom is -0.417 e. The first-order valence-corrected chi connectivity index (χ1v) is 6.53. The van der Waals surface area contributed by atoms with E-state index in [1.54, 1.807) is 10.9 Å². The van der Waals surface area contributed by atoms with Gasteiger partial charge in [0.25, 0.3) is 5.91 Å². The summed E-state index contributed by atoms with van der Waals surface area (Å²) in [4.78, 5) is 15.7. The monoisotopic (exact) mass is 310 g/mol. The Morgan fingerprint density at radius 2 is 2.05 bits per heavy atom. The Kier molecular flexibility index (Phi) is 4.39. The van der Waals surface area contributed by atoms with Crippen LogP contribution in [0.3, 0.4) is 0 Å². The lowest BCUT2D eigenvalue weighted by molar-refractivity contribution is -0.0528. The van der Waals surface area contributed by atoms with Crippen molar-refractivity contribution < 1.29 is 18.3 Å². The number of nitrogens with zero attached hydrogens (tertiary/aromatic N) is 3. The third kappa shape index (κ3) is 4.00. The Morgan fingerprint density at radius 3 is 2.55 bits per heavy atom. The van der Waals surface area contributed by atoms with E-state index in [9.17, 15) is 13.6 Å². The minimum atomic E-state index is -2.93. The molecule has 0 aliphatic rings. The molecule has 0 unspecified atom stereocenters. The number of nitrogens with one attached hydrogen (secondary N) is 1. The van der Waals surface area contributed by atoms with Crippen LogP contribution >= 0.6 is 0 Å². The Hall–Kier alpha value is -2.51. The summed E-state index contributed by atoms with van der Waals surface area (Å²) in [5.41, 5.74) is 0.534. The summed E-state index contributed by atoms with van der Waals surface area (Å²) in [6.07, 6.45) is 4.34.